The molecule has 0 bridgehead atoms. The van der Waals surface area contributed by atoms with Gasteiger partial charge in [-0.15, -0.1) is 0 Å². The predicted octanol–water partition coefficient (Wildman–Crippen LogP) is 0.262. The largest absolute Gasteiger partial charge is 0.361 e. The van der Waals surface area contributed by atoms with Crippen LogP contribution in [0, 0.1) is 5.92 Å². The summed E-state index contributed by atoms with van der Waals surface area (Å²) in [6, 6.07) is 0. The van der Waals surface area contributed by atoms with Gasteiger partial charge in [0.25, 0.3) is 5.91 Å². The number of methoxy groups -OCH3 is 1. The lowest BCUT2D eigenvalue weighted by molar-refractivity contribution is -0.122. The van der Waals surface area contributed by atoms with Gasteiger partial charge in [-0.3, -0.25) is 4.79 Å². The number of halogens is 1. The van der Waals surface area contributed by atoms with Gasteiger partial charge in [0.05, 0.1) is 12.5 Å². The quantitative estimate of drug-likeness (QED) is 0.522. The number of hydrogen-bond donors (Lipinski definition) is 1. The number of fused-ring (bicyclic) bond motifs is 1. The second kappa shape index (κ2) is 2.50. The van der Waals surface area contributed by atoms with Crippen molar-refractivity contribution in [1.82, 2.24) is 5.32 Å². The highest BCUT2D eigenvalue weighted by Crippen LogP contribution is 2.41. The number of azo groups is 1. The number of nitrogens with zero attached hydrogens (tertiary/aromatic N) is 2. The Hall–Kier alpha value is -0.490. The van der Waals surface area contributed by atoms with Gasteiger partial charge < -0.3 is 10.1 Å². The van der Waals surface area contributed by atoms with Crippen LogP contribution in [0.5, 0.6) is 0 Å². The number of amides is 1. The molecular formula is C6H8BrN3O2. The molecular weight excluding hydrogens is 226 g/mol. The van der Waals surface area contributed by atoms with Gasteiger partial charge in [-0.25, -0.2) is 0 Å². The Morgan fingerprint density at radius 3 is 3.25 bits per heavy atom. The first-order valence-electron chi connectivity index (χ1n) is 3.60. The van der Waals surface area contributed by atoms with E-state index in [1.165, 1.54) is 0 Å². The molecule has 0 unspecified atom stereocenters. The number of hydrogen-bond acceptors (Lipinski definition) is 4. The molecule has 0 aromatic carbocycles. The van der Waals surface area contributed by atoms with Crippen molar-refractivity contribution in [2.45, 2.75) is 10.7 Å². The molecule has 1 N–H and O–H groups in total. The van der Waals surface area contributed by atoms with E-state index in [0.717, 1.165) is 0 Å². The van der Waals surface area contributed by atoms with Gasteiger partial charge >= 0.3 is 0 Å². The first-order valence-corrected chi connectivity index (χ1v) is 4.39. The number of alkyl halides is 1. The van der Waals surface area contributed by atoms with Gasteiger partial charge in [0.1, 0.15) is 6.23 Å². The summed E-state index contributed by atoms with van der Waals surface area (Å²) in [5.74, 6) is -0.185. The minimum Gasteiger partial charge on any atom is -0.361 e. The molecule has 66 valence electrons. The third-order valence-electron chi connectivity index (χ3n) is 2.20. The second-order valence-corrected chi connectivity index (χ2v) is 4.04. The van der Waals surface area contributed by atoms with Crippen LogP contribution in [0.3, 0.4) is 0 Å². The van der Waals surface area contributed by atoms with E-state index in [4.69, 9.17) is 4.74 Å². The van der Waals surface area contributed by atoms with E-state index in [1.807, 2.05) is 0 Å². The Labute approximate surface area is 77.7 Å². The van der Waals surface area contributed by atoms with E-state index in [9.17, 15) is 4.79 Å². The fourth-order valence-electron chi connectivity index (χ4n) is 1.49. The topological polar surface area (TPSA) is 63.0 Å². The van der Waals surface area contributed by atoms with Crippen LogP contribution in [-0.2, 0) is 9.53 Å². The lowest BCUT2D eigenvalue weighted by atomic mass is 10.0. The maximum Gasteiger partial charge on any atom is 0.263 e. The van der Waals surface area contributed by atoms with Gasteiger partial charge in [0, 0.05) is 7.11 Å². The lowest BCUT2D eigenvalue weighted by Crippen LogP contribution is -2.32. The minimum atomic E-state index is -0.867. The summed E-state index contributed by atoms with van der Waals surface area (Å²) in [6.45, 7) is 0.530. The van der Waals surface area contributed by atoms with Gasteiger partial charge in [-0.1, -0.05) is 0 Å². The molecule has 0 aromatic rings. The number of rotatable bonds is 1. The average Bonchev–Trinajstić information content (AvgIpc) is 2.51. The van der Waals surface area contributed by atoms with Crippen molar-refractivity contribution < 1.29 is 9.53 Å². The third kappa shape index (κ3) is 0.847. The molecule has 2 heterocycles. The molecule has 0 aromatic heterocycles. The highest BCUT2D eigenvalue weighted by atomic mass is 79.9. The smallest absolute Gasteiger partial charge is 0.263 e. The van der Waals surface area contributed by atoms with Gasteiger partial charge in [0.2, 0.25) is 4.45 Å². The van der Waals surface area contributed by atoms with E-state index >= 15 is 0 Å². The van der Waals surface area contributed by atoms with Crippen molar-refractivity contribution in [2.75, 3.05) is 13.7 Å². The Balaban J connectivity index is 2.30. The zero-order valence-corrected chi connectivity index (χ0v) is 8.04. The van der Waals surface area contributed by atoms with Crippen LogP contribution in [0.4, 0.5) is 0 Å². The Morgan fingerprint density at radius 2 is 2.58 bits per heavy atom. The number of carbonyl (C=O) groups excluding carboxylic acids is 1. The van der Waals surface area contributed by atoms with Crippen molar-refractivity contribution in [3.63, 3.8) is 0 Å². The van der Waals surface area contributed by atoms with Crippen LogP contribution in [0.2, 0.25) is 0 Å². The number of carbonyl (C=O) groups is 1. The summed E-state index contributed by atoms with van der Waals surface area (Å²) in [6.07, 6.45) is -0.271. The first kappa shape index (κ1) is 8.12. The molecule has 1 fully saturated rings. The lowest BCUT2D eigenvalue weighted by Gasteiger charge is -2.15. The average molecular weight is 234 g/mol. The van der Waals surface area contributed by atoms with Gasteiger partial charge in [-0.2, -0.15) is 10.2 Å². The molecule has 3 atom stereocenters. The normalized spacial score (nSPS) is 44.7. The highest BCUT2D eigenvalue weighted by molar-refractivity contribution is 9.10. The molecule has 2 rings (SSSR count). The monoisotopic (exact) mass is 233 g/mol. The molecule has 2 aliphatic rings. The summed E-state index contributed by atoms with van der Waals surface area (Å²) in [4.78, 5) is 11.4. The number of ether oxygens (including phenoxy) is 1. The van der Waals surface area contributed by atoms with Crippen LogP contribution < -0.4 is 5.32 Å². The molecule has 2 aliphatic heterocycles. The minimum absolute atomic E-state index is 0.0185. The number of nitrogens with one attached hydrogen (secondary N) is 1. The maximum atomic E-state index is 11.4. The SMILES string of the molecule is CO[C@H]1NC(=O)[C@@]2(Br)N=NC[C@@H]12. The van der Waals surface area contributed by atoms with Gasteiger partial charge in [-0.05, 0) is 15.9 Å². The van der Waals surface area contributed by atoms with Crippen molar-refractivity contribution >= 4 is 21.8 Å². The molecule has 12 heavy (non-hydrogen) atoms. The Kier molecular flexibility index (Phi) is 1.69. The van der Waals surface area contributed by atoms with Crippen molar-refractivity contribution in [2.24, 2.45) is 16.1 Å². The van der Waals surface area contributed by atoms with Crippen LogP contribution in [0.25, 0.3) is 0 Å². The first-order chi connectivity index (χ1) is 5.68. The highest BCUT2D eigenvalue weighted by Gasteiger charge is 2.57. The summed E-state index contributed by atoms with van der Waals surface area (Å²) < 4.78 is 4.21. The van der Waals surface area contributed by atoms with Crippen molar-refractivity contribution in [1.29, 1.82) is 0 Å². The third-order valence-corrected chi connectivity index (χ3v) is 3.30. The predicted molar refractivity (Wildman–Crippen MR) is 43.8 cm³/mol. The maximum absolute atomic E-state index is 11.4. The fourth-order valence-corrected chi connectivity index (χ4v) is 2.10. The molecule has 0 radical (unpaired) electrons. The summed E-state index contributed by atoms with van der Waals surface area (Å²) >= 11 is 3.27. The van der Waals surface area contributed by atoms with E-state index in [0.29, 0.717) is 6.54 Å². The molecule has 0 saturated carbocycles. The standard InChI is InChI=1S/C6H8BrN3O2/c1-12-4-3-2-8-10-6(3,7)5(11)9-4/h3-4H,2H2,1H3,(H,9,11)/t3-,4+,6-/m0/s1. The molecule has 0 aliphatic carbocycles. The molecule has 0 spiro atoms. The van der Waals surface area contributed by atoms with E-state index in [2.05, 4.69) is 31.5 Å². The summed E-state index contributed by atoms with van der Waals surface area (Å²) in [5, 5.41) is 10.4. The molecule has 6 heteroatoms. The van der Waals surface area contributed by atoms with Crippen molar-refractivity contribution in [3.05, 3.63) is 0 Å². The molecule has 5 nitrogen and oxygen atoms in total. The van der Waals surface area contributed by atoms with Crippen LogP contribution in [0.15, 0.2) is 10.2 Å². The zero-order valence-electron chi connectivity index (χ0n) is 6.45. The van der Waals surface area contributed by atoms with E-state index in [-0.39, 0.29) is 18.1 Å². The Bertz CT molecular complexity index is 257. The van der Waals surface area contributed by atoms with Crippen LogP contribution in [-0.4, -0.2) is 30.2 Å². The molecule has 1 saturated heterocycles. The fraction of sp³-hybridized carbons (Fsp3) is 0.833. The van der Waals surface area contributed by atoms with Crippen LogP contribution >= 0.6 is 15.9 Å². The van der Waals surface area contributed by atoms with E-state index < -0.39 is 4.45 Å². The van der Waals surface area contributed by atoms with Crippen molar-refractivity contribution in [3.8, 4) is 0 Å². The zero-order chi connectivity index (χ0) is 8.77. The van der Waals surface area contributed by atoms with E-state index in [1.54, 1.807) is 7.11 Å². The van der Waals surface area contributed by atoms with Crippen LogP contribution in [0.1, 0.15) is 0 Å². The molecule has 1 amide bonds. The Morgan fingerprint density at radius 1 is 1.83 bits per heavy atom. The second-order valence-electron chi connectivity index (χ2n) is 2.83. The summed E-state index contributed by atoms with van der Waals surface area (Å²) in [7, 11) is 1.56. The summed E-state index contributed by atoms with van der Waals surface area (Å²) in [5.41, 5.74) is 0. The van der Waals surface area contributed by atoms with Gasteiger partial charge in [0.15, 0.2) is 0 Å².